The van der Waals surface area contributed by atoms with Crippen LogP contribution < -0.4 is 19.9 Å². The zero-order valence-corrected chi connectivity index (χ0v) is 25.2. The number of amides is 1. The minimum absolute atomic E-state index is 0.182. The first-order chi connectivity index (χ1) is 20.9. The summed E-state index contributed by atoms with van der Waals surface area (Å²) in [7, 11) is 0. The standard InChI is InChI=1S/C32H29N5O4S2/c1-21-7-10-28-33-29(35-13-11-34(12-14-35)18-22-5-3-2-4-6-22)24(30(38)36(28)17-21)16-27-31(39)37(32(42)43-27)19-23-8-9-25-26(15-23)41-20-40-25/h2-10,15-17H,11-14,18-20H2,1H3. The number of rotatable bonds is 6. The zero-order valence-electron chi connectivity index (χ0n) is 23.6. The van der Waals surface area contributed by atoms with E-state index in [1.807, 2.05) is 43.3 Å². The molecule has 0 aliphatic carbocycles. The van der Waals surface area contributed by atoms with E-state index in [4.69, 9.17) is 26.7 Å². The molecule has 2 aromatic carbocycles. The Hall–Kier alpha value is -4.19. The molecular formula is C32H29N5O4S2. The van der Waals surface area contributed by atoms with Gasteiger partial charge in [0.1, 0.15) is 15.8 Å². The normalized spacial score (nSPS) is 17.9. The highest BCUT2D eigenvalue weighted by Gasteiger charge is 2.33. The van der Waals surface area contributed by atoms with E-state index < -0.39 is 0 Å². The lowest BCUT2D eigenvalue weighted by Crippen LogP contribution is -2.47. The fraction of sp³-hybridized carbons (Fsp3) is 0.250. The number of hydrogen-bond acceptors (Lipinski definition) is 9. The molecule has 0 unspecified atom stereocenters. The van der Waals surface area contributed by atoms with Crippen LogP contribution in [0.5, 0.6) is 11.5 Å². The number of thioether (sulfide) groups is 1. The van der Waals surface area contributed by atoms with E-state index in [9.17, 15) is 9.59 Å². The number of carbonyl (C=O) groups is 1. The van der Waals surface area contributed by atoms with E-state index in [0.29, 0.717) is 57.4 Å². The molecule has 9 nitrogen and oxygen atoms in total. The number of carbonyl (C=O) groups excluding carboxylic acids is 1. The van der Waals surface area contributed by atoms with Crippen LogP contribution in [0.1, 0.15) is 22.3 Å². The number of thiocarbonyl (C=S) groups is 1. The summed E-state index contributed by atoms with van der Waals surface area (Å²) in [5.74, 6) is 1.69. The lowest BCUT2D eigenvalue weighted by Gasteiger charge is -2.36. The summed E-state index contributed by atoms with van der Waals surface area (Å²) in [6.45, 7) is 6.39. The Morgan fingerprint density at radius 3 is 2.53 bits per heavy atom. The molecule has 2 aromatic heterocycles. The molecule has 0 radical (unpaired) electrons. The molecular weight excluding hydrogens is 583 g/mol. The van der Waals surface area contributed by atoms with Crippen molar-refractivity contribution >= 4 is 51.7 Å². The molecule has 43 heavy (non-hydrogen) atoms. The third-order valence-corrected chi connectivity index (χ3v) is 9.21. The molecule has 0 N–H and O–H groups in total. The van der Waals surface area contributed by atoms with Gasteiger partial charge in [0.25, 0.3) is 11.5 Å². The highest BCUT2D eigenvalue weighted by Crippen LogP contribution is 2.37. The molecule has 3 aliphatic rings. The SMILES string of the molecule is Cc1ccc2nc(N3CCN(Cc4ccccc4)CC3)c(C=C3SC(=S)N(Cc4ccc5c(c4)OCO5)C3=O)c(=O)n2c1. The van der Waals surface area contributed by atoms with E-state index in [2.05, 4.69) is 34.1 Å². The first kappa shape index (κ1) is 27.6. The van der Waals surface area contributed by atoms with Crippen molar-refractivity contribution in [2.45, 2.75) is 20.0 Å². The maximum atomic E-state index is 14.0. The van der Waals surface area contributed by atoms with Gasteiger partial charge < -0.3 is 14.4 Å². The van der Waals surface area contributed by atoms with E-state index in [0.717, 1.165) is 30.8 Å². The van der Waals surface area contributed by atoms with Crippen molar-refractivity contribution in [1.29, 1.82) is 0 Å². The number of aryl methyl sites for hydroxylation is 1. The Labute approximate surface area is 258 Å². The van der Waals surface area contributed by atoms with E-state index in [-0.39, 0.29) is 18.3 Å². The zero-order chi connectivity index (χ0) is 29.5. The maximum Gasteiger partial charge on any atom is 0.267 e. The Bertz CT molecular complexity index is 1830. The van der Waals surface area contributed by atoms with Gasteiger partial charge in [-0.2, -0.15) is 0 Å². The van der Waals surface area contributed by atoms with Crippen LogP contribution in [0.25, 0.3) is 11.7 Å². The predicted octanol–water partition coefficient (Wildman–Crippen LogP) is 4.46. The average molecular weight is 612 g/mol. The van der Waals surface area contributed by atoms with Crippen LogP contribution in [0.3, 0.4) is 0 Å². The molecule has 7 rings (SSSR count). The topological polar surface area (TPSA) is 79.6 Å². The van der Waals surface area contributed by atoms with E-state index in [1.54, 1.807) is 21.6 Å². The third-order valence-electron chi connectivity index (χ3n) is 7.83. The number of anilines is 1. The summed E-state index contributed by atoms with van der Waals surface area (Å²) in [5, 5.41) is 0. The fourth-order valence-electron chi connectivity index (χ4n) is 5.56. The highest BCUT2D eigenvalue weighted by atomic mass is 32.2. The minimum Gasteiger partial charge on any atom is -0.454 e. The third kappa shape index (κ3) is 5.51. The number of aromatic nitrogens is 2. The quantitative estimate of drug-likeness (QED) is 0.232. The Kier molecular flexibility index (Phi) is 7.38. The summed E-state index contributed by atoms with van der Waals surface area (Å²) in [6.07, 6.45) is 3.46. The summed E-state index contributed by atoms with van der Waals surface area (Å²) < 4.78 is 12.9. The van der Waals surface area contributed by atoms with Crippen LogP contribution in [-0.2, 0) is 17.9 Å². The molecule has 2 saturated heterocycles. The first-order valence-corrected chi connectivity index (χ1v) is 15.3. The van der Waals surface area contributed by atoms with Crippen LogP contribution in [0.15, 0.2) is 76.6 Å². The Morgan fingerprint density at radius 2 is 1.72 bits per heavy atom. The number of nitrogens with zero attached hydrogens (tertiary/aromatic N) is 5. The van der Waals surface area contributed by atoms with Gasteiger partial charge in [0.2, 0.25) is 6.79 Å². The van der Waals surface area contributed by atoms with Crippen molar-refractivity contribution in [2.24, 2.45) is 0 Å². The van der Waals surface area contributed by atoms with Crippen molar-refractivity contribution in [1.82, 2.24) is 19.2 Å². The number of pyridine rings is 1. The second-order valence-corrected chi connectivity index (χ2v) is 12.5. The average Bonchev–Trinajstić information content (AvgIpc) is 3.59. The van der Waals surface area contributed by atoms with Gasteiger partial charge in [-0.25, -0.2) is 4.98 Å². The summed E-state index contributed by atoms with van der Waals surface area (Å²) >= 11 is 6.82. The number of hydrogen-bond donors (Lipinski definition) is 0. The number of fused-ring (bicyclic) bond motifs is 2. The van der Waals surface area contributed by atoms with Crippen molar-refractivity contribution in [3.63, 3.8) is 0 Å². The van der Waals surface area contributed by atoms with Crippen LogP contribution in [0.2, 0.25) is 0 Å². The van der Waals surface area contributed by atoms with Crippen molar-refractivity contribution in [3.8, 4) is 11.5 Å². The van der Waals surface area contributed by atoms with Crippen LogP contribution in [0.4, 0.5) is 5.82 Å². The van der Waals surface area contributed by atoms with Gasteiger partial charge >= 0.3 is 0 Å². The highest BCUT2D eigenvalue weighted by molar-refractivity contribution is 8.26. The maximum absolute atomic E-state index is 14.0. The molecule has 0 atom stereocenters. The lowest BCUT2D eigenvalue weighted by molar-refractivity contribution is -0.122. The van der Waals surface area contributed by atoms with Gasteiger partial charge in [0.05, 0.1) is 17.0 Å². The van der Waals surface area contributed by atoms with Gasteiger partial charge in [-0.1, -0.05) is 66.4 Å². The smallest absolute Gasteiger partial charge is 0.267 e. The second-order valence-electron chi connectivity index (χ2n) is 10.8. The van der Waals surface area contributed by atoms with Gasteiger partial charge in [0.15, 0.2) is 11.5 Å². The second kappa shape index (κ2) is 11.5. The lowest BCUT2D eigenvalue weighted by atomic mass is 10.1. The molecule has 5 heterocycles. The molecule has 11 heteroatoms. The summed E-state index contributed by atoms with van der Waals surface area (Å²) in [5.41, 5.74) is 3.85. The molecule has 0 spiro atoms. The van der Waals surface area contributed by atoms with Gasteiger partial charge in [-0.3, -0.25) is 23.8 Å². The molecule has 2 fully saturated rings. The summed E-state index contributed by atoms with van der Waals surface area (Å²) in [4.78, 5) is 39.1. The van der Waals surface area contributed by atoms with Crippen molar-refractivity contribution < 1.29 is 14.3 Å². The predicted molar refractivity (Wildman–Crippen MR) is 171 cm³/mol. The van der Waals surface area contributed by atoms with E-state index >= 15 is 0 Å². The number of piperazine rings is 1. The molecule has 4 aromatic rings. The molecule has 0 saturated carbocycles. The van der Waals surface area contributed by atoms with Crippen LogP contribution >= 0.6 is 24.0 Å². The summed E-state index contributed by atoms with van der Waals surface area (Å²) in [6, 6.07) is 19.8. The monoisotopic (exact) mass is 611 g/mol. The van der Waals surface area contributed by atoms with Gasteiger partial charge in [-0.05, 0) is 47.9 Å². The molecule has 218 valence electrons. The minimum atomic E-state index is -0.236. The van der Waals surface area contributed by atoms with E-state index in [1.165, 1.54) is 17.3 Å². The van der Waals surface area contributed by atoms with Crippen molar-refractivity contribution in [2.75, 3.05) is 37.9 Å². The van der Waals surface area contributed by atoms with Crippen LogP contribution in [0, 0.1) is 6.92 Å². The molecule has 3 aliphatic heterocycles. The Balaban J connectivity index is 1.18. The fourth-order valence-corrected chi connectivity index (χ4v) is 6.80. The molecule has 0 bridgehead atoms. The number of benzene rings is 2. The first-order valence-electron chi connectivity index (χ1n) is 14.1. The van der Waals surface area contributed by atoms with Crippen LogP contribution in [-0.4, -0.2) is 62.4 Å². The van der Waals surface area contributed by atoms with Gasteiger partial charge in [0, 0.05) is 38.9 Å². The Morgan fingerprint density at radius 1 is 0.930 bits per heavy atom. The van der Waals surface area contributed by atoms with Gasteiger partial charge in [-0.15, -0.1) is 0 Å². The number of ether oxygens (including phenoxy) is 2. The molecule has 1 amide bonds. The largest absolute Gasteiger partial charge is 0.454 e. The van der Waals surface area contributed by atoms with Crippen molar-refractivity contribution in [3.05, 3.63) is 104 Å².